The lowest BCUT2D eigenvalue weighted by molar-refractivity contribution is -0.383. The molecule has 0 saturated heterocycles. The highest BCUT2D eigenvalue weighted by Crippen LogP contribution is 2.36. The van der Waals surface area contributed by atoms with Gasteiger partial charge in [0.1, 0.15) is 6.33 Å². The van der Waals surface area contributed by atoms with E-state index in [1.807, 2.05) is 42.2 Å². The maximum absolute atomic E-state index is 11.8. The fourth-order valence-electron chi connectivity index (χ4n) is 3.34. The predicted octanol–water partition coefficient (Wildman–Crippen LogP) is 4.29. The predicted molar refractivity (Wildman–Crippen MR) is 98.3 cm³/mol. The van der Waals surface area contributed by atoms with Crippen LogP contribution in [0.4, 0.5) is 23.0 Å². The number of para-hydroxylation sites is 1. The van der Waals surface area contributed by atoms with E-state index in [9.17, 15) is 10.1 Å². The molecule has 25 heavy (non-hydrogen) atoms. The summed E-state index contributed by atoms with van der Waals surface area (Å²) in [7, 11) is 0. The number of hydrogen-bond donors (Lipinski definition) is 1. The molecule has 1 aliphatic carbocycles. The molecule has 7 nitrogen and oxygen atoms in total. The van der Waals surface area contributed by atoms with Crippen molar-refractivity contribution in [3.05, 3.63) is 46.8 Å². The fraction of sp³-hybridized carbons (Fsp3) is 0.444. The SMILES string of the molecule is CCN(c1ccccc1)c1ncnc(NC2CCCCC2)c1[N+](=O)[O-]. The lowest BCUT2D eigenvalue weighted by Crippen LogP contribution is -2.25. The molecule has 3 rings (SSSR count). The molecule has 1 aliphatic rings. The van der Waals surface area contributed by atoms with Gasteiger partial charge in [0.05, 0.1) is 4.92 Å². The summed E-state index contributed by atoms with van der Waals surface area (Å²) in [5.41, 5.74) is 0.814. The van der Waals surface area contributed by atoms with Crippen LogP contribution in [0.2, 0.25) is 0 Å². The monoisotopic (exact) mass is 341 g/mol. The maximum atomic E-state index is 11.8. The van der Waals surface area contributed by atoms with Gasteiger partial charge in [-0.25, -0.2) is 9.97 Å². The average Bonchev–Trinajstić information content (AvgIpc) is 2.64. The van der Waals surface area contributed by atoms with Gasteiger partial charge < -0.3 is 10.2 Å². The molecule has 7 heteroatoms. The van der Waals surface area contributed by atoms with Crippen molar-refractivity contribution in [1.29, 1.82) is 0 Å². The molecule has 1 saturated carbocycles. The molecule has 0 radical (unpaired) electrons. The Morgan fingerprint density at radius 3 is 2.56 bits per heavy atom. The van der Waals surface area contributed by atoms with Gasteiger partial charge in [-0.15, -0.1) is 0 Å². The molecule has 0 amide bonds. The normalized spacial score (nSPS) is 14.9. The third-order valence-electron chi connectivity index (χ3n) is 4.57. The van der Waals surface area contributed by atoms with Crippen LogP contribution in [0.5, 0.6) is 0 Å². The first-order valence-corrected chi connectivity index (χ1v) is 8.79. The van der Waals surface area contributed by atoms with E-state index >= 15 is 0 Å². The minimum atomic E-state index is -0.383. The van der Waals surface area contributed by atoms with Crippen LogP contribution in [0.1, 0.15) is 39.0 Å². The highest BCUT2D eigenvalue weighted by Gasteiger charge is 2.28. The summed E-state index contributed by atoms with van der Waals surface area (Å²) < 4.78 is 0. The molecule has 0 unspecified atom stereocenters. The Bertz CT molecular complexity index is 717. The molecular formula is C18H23N5O2. The van der Waals surface area contributed by atoms with Crippen LogP contribution in [0, 0.1) is 10.1 Å². The summed E-state index contributed by atoms with van der Waals surface area (Å²) in [4.78, 5) is 21.7. The smallest absolute Gasteiger partial charge is 0.353 e. The first-order chi connectivity index (χ1) is 12.2. The quantitative estimate of drug-likeness (QED) is 0.623. The van der Waals surface area contributed by atoms with Crippen LogP contribution in [0.15, 0.2) is 36.7 Å². The highest BCUT2D eigenvalue weighted by molar-refractivity contribution is 5.75. The van der Waals surface area contributed by atoms with E-state index in [4.69, 9.17) is 0 Å². The summed E-state index contributed by atoms with van der Waals surface area (Å²) in [6.07, 6.45) is 6.97. The third-order valence-corrected chi connectivity index (χ3v) is 4.57. The van der Waals surface area contributed by atoms with Crippen molar-refractivity contribution in [3.63, 3.8) is 0 Å². The Labute approximate surface area is 147 Å². The maximum Gasteiger partial charge on any atom is 0.353 e. The number of rotatable bonds is 6. The van der Waals surface area contributed by atoms with E-state index in [0.717, 1.165) is 31.4 Å². The molecule has 0 bridgehead atoms. The van der Waals surface area contributed by atoms with Crippen molar-refractivity contribution in [3.8, 4) is 0 Å². The van der Waals surface area contributed by atoms with Gasteiger partial charge in [-0.1, -0.05) is 37.5 Å². The molecular weight excluding hydrogens is 318 g/mol. The number of benzene rings is 1. The molecule has 0 atom stereocenters. The van der Waals surface area contributed by atoms with Gasteiger partial charge in [0.25, 0.3) is 0 Å². The molecule has 0 aliphatic heterocycles. The lowest BCUT2D eigenvalue weighted by Gasteiger charge is -2.25. The van der Waals surface area contributed by atoms with Crippen molar-refractivity contribution < 1.29 is 4.92 Å². The van der Waals surface area contributed by atoms with Crippen LogP contribution in [0.25, 0.3) is 0 Å². The molecule has 132 valence electrons. The van der Waals surface area contributed by atoms with E-state index in [-0.39, 0.29) is 16.7 Å². The number of aromatic nitrogens is 2. The highest BCUT2D eigenvalue weighted by atomic mass is 16.6. The molecule has 2 aromatic rings. The standard InChI is InChI=1S/C18H23N5O2/c1-2-22(15-11-7-4-8-12-15)18-16(23(24)25)17(19-13-20-18)21-14-9-5-3-6-10-14/h4,7-8,11-14H,2-3,5-6,9-10H2,1H3,(H,19,20,21). The Morgan fingerprint density at radius 2 is 1.92 bits per heavy atom. The summed E-state index contributed by atoms with van der Waals surface area (Å²) in [5, 5.41) is 15.1. The summed E-state index contributed by atoms with van der Waals surface area (Å²) in [6, 6.07) is 9.81. The van der Waals surface area contributed by atoms with Gasteiger partial charge in [-0.2, -0.15) is 0 Å². The summed E-state index contributed by atoms with van der Waals surface area (Å²) >= 11 is 0. The van der Waals surface area contributed by atoms with E-state index in [2.05, 4.69) is 15.3 Å². The Kier molecular flexibility index (Phi) is 5.42. The zero-order valence-corrected chi connectivity index (χ0v) is 14.4. The fourth-order valence-corrected chi connectivity index (χ4v) is 3.34. The number of nitrogens with one attached hydrogen (secondary N) is 1. The first-order valence-electron chi connectivity index (χ1n) is 8.79. The Morgan fingerprint density at radius 1 is 1.20 bits per heavy atom. The number of anilines is 3. The van der Waals surface area contributed by atoms with Gasteiger partial charge >= 0.3 is 5.69 Å². The molecule has 1 heterocycles. The van der Waals surface area contributed by atoms with E-state index in [1.54, 1.807) is 0 Å². The first kappa shape index (κ1) is 17.1. The zero-order chi connectivity index (χ0) is 17.6. The van der Waals surface area contributed by atoms with Crippen LogP contribution >= 0.6 is 0 Å². The van der Waals surface area contributed by atoms with E-state index in [1.165, 1.54) is 12.7 Å². The van der Waals surface area contributed by atoms with Crippen molar-refractivity contribution in [1.82, 2.24) is 9.97 Å². The minimum absolute atomic E-state index is 0.0567. The second-order valence-electron chi connectivity index (χ2n) is 6.21. The van der Waals surface area contributed by atoms with E-state index < -0.39 is 0 Å². The average molecular weight is 341 g/mol. The Hall–Kier alpha value is -2.70. The van der Waals surface area contributed by atoms with E-state index in [0.29, 0.717) is 18.2 Å². The molecule has 1 aromatic carbocycles. The van der Waals surface area contributed by atoms with Gasteiger partial charge in [0.2, 0.25) is 11.6 Å². The zero-order valence-electron chi connectivity index (χ0n) is 14.4. The van der Waals surface area contributed by atoms with Crippen molar-refractivity contribution in [2.75, 3.05) is 16.8 Å². The number of nitro groups is 1. The van der Waals surface area contributed by atoms with Crippen molar-refractivity contribution in [2.45, 2.75) is 45.1 Å². The van der Waals surface area contributed by atoms with Crippen LogP contribution in [-0.4, -0.2) is 27.5 Å². The van der Waals surface area contributed by atoms with Gasteiger partial charge in [0.15, 0.2) is 0 Å². The van der Waals surface area contributed by atoms with Crippen molar-refractivity contribution in [2.24, 2.45) is 0 Å². The Balaban J connectivity index is 1.98. The molecule has 0 spiro atoms. The second-order valence-corrected chi connectivity index (χ2v) is 6.21. The minimum Gasteiger partial charge on any atom is -0.361 e. The topological polar surface area (TPSA) is 84.2 Å². The lowest BCUT2D eigenvalue weighted by atomic mass is 9.95. The van der Waals surface area contributed by atoms with Crippen molar-refractivity contribution >= 4 is 23.0 Å². The van der Waals surface area contributed by atoms with Gasteiger partial charge in [-0.05, 0) is 31.9 Å². The van der Waals surface area contributed by atoms with Gasteiger partial charge in [0, 0.05) is 18.3 Å². The van der Waals surface area contributed by atoms with Crippen LogP contribution in [0.3, 0.4) is 0 Å². The van der Waals surface area contributed by atoms with Gasteiger partial charge in [-0.3, -0.25) is 10.1 Å². The molecule has 1 N–H and O–H groups in total. The van der Waals surface area contributed by atoms with Crippen LogP contribution in [-0.2, 0) is 0 Å². The number of hydrogen-bond acceptors (Lipinski definition) is 6. The summed E-state index contributed by atoms with van der Waals surface area (Å²) in [6.45, 7) is 2.53. The largest absolute Gasteiger partial charge is 0.361 e. The molecule has 1 aromatic heterocycles. The third kappa shape index (κ3) is 3.87. The number of nitrogens with zero attached hydrogens (tertiary/aromatic N) is 4. The second kappa shape index (κ2) is 7.92. The molecule has 1 fully saturated rings. The summed E-state index contributed by atoms with van der Waals surface area (Å²) in [5.74, 6) is 0.642. The van der Waals surface area contributed by atoms with Crippen LogP contribution < -0.4 is 10.2 Å².